The van der Waals surface area contributed by atoms with Gasteiger partial charge in [-0.2, -0.15) is 0 Å². The number of fused-ring (bicyclic) bond motifs is 1. The van der Waals surface area contributed by atoms with Gasteiger partial charge in [0.2, 0.25) is 5.91 Å². The molecule has 0 bridgehead atoms. The average molecular weight is 493 g/mol. The molecule has 1 amide bonds. The van der Waals surface area contributed by atoms with Crippen molar-refractivity contribution in [3.05, 3.63) is 74.8 Å². The van der Waals surface area contributed by atoms with Gasteiger partial charge >= 0.3 is 0 Å². The van der Waals surface area contributed by atoms with Gasteiger partial charge in [0.1, 0.15) is 0 Å². The number of aromatic amines is 1. The van der Waals surface area contributed by atoms with E-state index in [9.17, 15) is 9.59 Å². The minimum atomic E-state index is -0.0569. The van der Waals surface area contributed by atoms with Gasteiger partial charge in [0.15, 0.2) is 4.77 Å². The molecule has 1 aliphatic rings. The fourth-order valence-electron chi connectivity index (χ4n) is 4.87. The van der Waals surface area contributed by atoms with Crippen molar-refractivity contribution in [3.63, 3.8) is 0 Å². The van der Waals surface area contributed by atoms with E-state index in [0.717, 1.165) is 42.8 Å². The first-order chi connectivity index (χ1) is 17.0. The predicted molar refractivity (Wildman–Crippen MR) is 144 cm³/mol. The highest BCUT2D eigenvalue weighted by Crippen LogP contribution is 2.18. The van der Waals surface area contributed by atoms with E-state index >= 15 is 0 Å². The molecule has 0 radical (unpaired) electrons. The number of H-pyrrole nitrogens is 1. The zero-order valence-electron chi connectivity index (χ0n) is 20.6. The molecule has 0 saturated carbocycles. The highest BCUT2D eigenvalue weighted by atomic mass is 32.1. The number of hydrogen-bond acceptors (Lipinski definition) is 4. The summed E-state index contributed by atoms with van der Waals surface area (Å²) in [5.41, 5.74) is 3.17. The first kappa shape index (κ1) is 25.3. The first-order valence-corrected chi connectivity index (χ1v) is 13.2. The molecule has 1 atom stereocenters. The predicted octanol–water partition coefficient (Wildman–Crippen LogP) is 5.17. The van der Waals surface area contributed by atoms with Gasteiger partial charge < -0.3 is 10.3 Å². The van der Waals surface area contributed by atoms with Gasteiger partial charge in [0.25, 0.3) is 5.56 Å². The first-order valence-electron chi connectivity index (χ1n) is 12.8. The number of amides is 1. The second kappa shape index (κ2) is 12.3. The summed E-state index contributed by atoms with van der Waals surface area (Å²) in [6.45, 7) is 6.83. The van der Waals surface area contributed by atoms with Crippen molar-refractivity contribution in [1.29, 1.82) is 0 Å². The Hall–Kier alpha value is -2.77. The fourth-order valence-corrected chi connectivity index (χ4v) is 5.16. The molecule has 2 heterocycles. The van der Waals surface area contributed by atoms with Gasteiger partial charge in [-0.1, -0.05) is 49.7 Å². The molecule has 4 rings (SSSR count). The van der Waals surface area contributed by atoms with E-state index in [4.69, 9.17) is 12.2 Å². The molecular formula is C28H36N4O2S. The maximum absolute atomic E-state index is 12.7. The lowest BCUT2D eigenvalue weighted by Crippen LogP contribution is -2.33. The second-order valence-electron chi connectivity index (χ2n) is 9.82. The van der Waals surface area contributed by atoms with E-state index in [-0.39, 0.29) is 11.5 Å². The second-order valence-corrected chi connectivity index (χ2v) is 10.2. The van der Waals surface area contributed by atoms with Crippen LogP contribution in [0.2, 0.25) is 0 Å². The van der Waals surface area contributed by atoms with E-state index in [2.05, 4.69) is 46.4 Å². The van der Waals surface area contributed by atoms with Crippen LogP contribution < -0.4 is 10.9 Å². The number of nitrogens with one attached hydrogen (secondary N) is 2. The Labute approximate surface area is 212 Å². The number of likely N-dealkylation sites (tertiary alicyclic amines) is 1. The molecule has 0 aliphatic carbocycles. The Kier molecular flexibility index (Phi) is 8.88. The highest BCUT2D eigenvalue weighted by Gasteiger charge is 2.16. The maximum atomic E-state index is 12.7. The normalized spacial score (nSPS) is 16.4. The molecule has 3 aromatic rings. The monoisotopic (exact) mass is 492 g/mol. The molecular weight excluding hydrogens is 456 g/mol. The van der Waals surface area contributed by atoms with E-state index in [1.54, 1.807) is 4.57 Å². The summed E-state index contributed by atoms with van der Waals surface area (Å²) in [4.78, 5) is 30.6. The number of piperidine rings is 1. The van der Waals surface area contributed by atoms with Crippen LogP contribution in [-0.2, 0) is 24.4 Å². The number of hydrogen-bond donors (Lipinski definition) is 2. The Balaban J connectivity index is 1.15. The van der Waals surface area contributed by atoms with Gasteiger partial charge in [0, 0.05) is 32.6 Å². The minimum Gasteiger partial charge on any atom is -0.352 e. The lowest BCUT2D eigenvalue weighted by Gasteiger charge is -2.30. The van der Waals surface area contributed by atoms with Crippen LogP contribution in [0.4, 0.5) is 0 Å². The summed E-state index contributed by atoms with van der Waals surface area (Å²) >= 11 is 5.36. The largest absolute Gasteiger partial charge is 0.352 e. The molecule has 186 valence electrons. The number of carbonyl (C=O) groups excluding carboxylic acids is 1. The van der Waals surface area contributed by atoms with Crippen LogP contribution in [0.3, 0.4) is 0 Å². The summed E-state index contributed by atoms with van der Waals surface area (Å²) in [6, 6.07) is 16.0. The quantitative estimate of drug-likeness (QED) is 0.303. The van der Waals surface area contributed by atoms with E-state index < -0.39 is 0 Å². The van der Waals surface area contributed by atoms with Crippen LogP contribution in [0.15, 0.2) is 53.3 Å². The number of nitrogens with zero attached hydrogens (tertiary/aromatic N) is 2. The number of carbonyl (C=O) groups is 1. The number of aromatic nitrogens is 2. The van der Waals surface area contributed by atoms with E-state index in [1.165, 1.54) is 31.5 Å². The van der Waals surface area contributed by atoms with Crippen molar-refractivity contribution >= 4 is 29.0 Å². The lowest BCUT2D eigenvalue weighted by atomic mass is 9.99. The summed E-state index contributed by atoms with van der Waals surface area (Å²) in [5, 5.41) is 3.67. The third-order valence-corrected chi connectivity index (χ3v) is 7.16. The van der Waals surface area contributed by atoms with Crippen LogP contribution in [-0.4, -0.2) is 33.4 Å². The third kappa shape index (κ3) is 7.12. The van der Waals surface area contributed by atoms with Crippen LogP contribution in [0, 0.1) is 10.7 Å². The number of para-hydroxylation sites is 1. The van der Waals surface area contributed by atoms with Gasteiger partial charge in [0.05, 0.1) is 10.9 Å². The standard InChI is InChI=1S/C28H36N4O2S/c1-21-8-7-16-31(19-21)20-23-14-12-22(13-15-23)18-29-26(33)11-3-2-6-17-32-27(34)24-9-4-5-10-25(24)30-28(32)35/h4-5,9-10,12-15,21H,2-3,6-8,11,16-20H2,1H3,(H,29,33)(H,30,35). The molecule has 2 N–H and O–H groups in total. The molecule has 2 aromatic carbocycles. The lowest BCUT2D eigenvalue weighted by molar-refractivity contribution is -0.121. The zero-order valence-corrected chi connectivity index (χ0v) is 21.4. The molecule has 1 unspecified atom stereocenters. The molecule has 1 fully saturated rings. The van der Waals surface area contributed by atoms with Crippen molar-refractivity contribution < 1.29 is 4.79 Å². The third-order valence-electron chi connectivity index (χ3n) is 6.83. The Morgan fingerprint density at radius 3 is 2.66 bits per heavy atom. The summed E-state index contributed by atoms with van der Waals surface area (Å²) in [6.07, 6.45) is 5.59. The average Bonchev–Trinajstić information content (AvgIpc) is 2.85. The van der Waals surface area contributed by atoms with Crippen LogP contribution >= 0.6 is 12.2 Å². The molecule has 35 heavy (non-hydrogen) atoms. The van der Waals surface area contributed by atoms with Crippen molar-refractivity contribution in [2.75, 3.05) is 13.1 Å². The van der Waals surface area contributed by atoms with Crippen LogP contribution in [0.5, 0.6) is 0 Å². The van der Waals surface area contributed by atoms with Gasteiger partial charge in [-0.05, 0) is 73.6 Å². The number of benzene rings is 2. The summed E-state index contributed by atoms with van der Waals surface area (Å²) in [5.74, 6) is 0.856. The molecule has 0 spiro atoms. The zero-order chi connectivity index (χ0) is 24.6. The summed E-state index contributed by atoms with van der Waals surface area (Å²) in [7, 11) is 0. The van der Waals surface area contributed by atoms with Crippen molar-refractivity contribution in [2.45, 2.75) is 65.1 Å². The molecule has 6 nitrogen and oxygen atoms in total. The topological polar surface area (TPSA) is 70.1 Å². The van der Waals surface area contributed by atoms with E-state index in [0.29, 0.717) is 29.7 Å². The number of unbranched alkanes of at least 4 members (excludes halogenated alkanes) is 2. The maximum Gasteiger partial charge on any atom is 0.262 e. The smallest absolute Gasteiger partial charge is 0.262 e. The molecule has 1 aromatic heterocycles. The summed E-state index contributed by atoms with van der Waals surface area (Å²) < 4.78 is 2.07. The fraction of sp³-hybridized carbons (Fsp3) is 0.464. The Bertz CT molecular complexity index is 1250. The Morgan fingerprint density at radius 1 is 1.09 bits per heavy atom. The van der Waals surface area contributed by atoms with Gasteiger partial charge in [-0.15, -0.1) is 0 Å². The van der Waals surface area contributed by atoms with Crippen LogP contribution in [0.1, 0.15) is 56.6 Å². The minimum absolute atomic E-state index is 0.0569. The van der Waals surface area contributed by atoms with Crippen LogP contribution in [0.25, 0.3) is 10.9 Å². The van der Waals surface area contributed by atoms with Crippen molar-refractivity contribution in [1.82, 2.24) is 19.8 Å². The van der Waals surface area contributed by atoms with Crippen molar-refractivity contribution in [3.8, 4) is 0 Å². The Morgan fingerprint density at radius 2 is 1.86 bits per heavy atom. The van der Waals surface area contributed by atoms with Gasteiger partial charge in [-0.3, -0.25) is 19.1 Å². The molecule has 7 heteroatoms. The molecule has 1 aliphatic heterocycles. The molecule has 1 saturated heterocycles. The SMILES string of the molecule is CC1CCCN(Cc2ccc(CNC(=O)CCCCCn3c(=S)[nH]c4ccccc4c3=O)cc2)C1. The van der Waals surface area contributed by atoms with E-state index in [1.807, 2.05) is 24.3 Å². The van der Waals surface area contributed by atoms with Gasteiger partial charge in [-0.25, -0.2) is 0 Å². The highest BCUT2D eigenvalue weighted by molar-refractivity contribution is 7.71. The number of rotatable bonds is 10. The van der Waals surface area contributed by atoms with Crippen molar-refractivity contribution in [2.24, 2.45) is 5.92 Å².